The SMILES string of the molecule is c1cncc(-c2cccc3oc4cc(-n5c6ccccc6c6c7ccccc7ccc65)c5ccccc5c4c23)c1. The molecule has 9 aromatic rings. The van der Waals surface area contributed by atoms with E-state index in [0.29, 0.717) is 0 Å². The Labute approximate surface area is 229 Å². The van der Waals surface area contributed by atoms with Crippen molar-refractivity contribution >= 4 is 65.3 Å². The first-order valence-electron chi connectivity index (χ1n) is 13.6. The van der Waals surface area contributed by atoms with Crippen LogP contribution in [0.15, 0.2) is 138 Å². The Kier molecular flexibility index (Phi) is 4.33. The summed E-state index contributed by atoms with van der Waals surface area (Å²) in [7, 11) is 0. The molecule has 0 bridgehead atoms. The van der Waals surface area contributed by atoms with Crippen molar-refractivity contribution in [3.8, 4) is 16.8 Å². The molecule has 3 heterocycles. The van der Waals surface area contributed by atoms with E-state index in [1.54, 1.807) is 0 Å². The minimum absolute atomic E-state index is 0.881. The van der Waals surface area contributed by atoms with Crippen molar-refractivity contribution in [2.75, 3.05) is 0 Å². The van der Waals surface area contributed by atoms with Gasteiger partial charge in [0, 0.05) is 51.0 Å². The summed E-state index contributed by atoms with van der Waals surface area (Å²) in [4.78, 5) is 4.39. The van der Waals surface area contributed by atoms with Gasteiger partial charge in [-0.3, -0.25) is 4.98 Å². The molecule has 0 amide bonds. The van der Waals surface area contributed by atoms with Crippen LogP contribution in [0.1, 0.15) is 0 Å². The Morgan fingerprint density at radius 2 is 1.32 bits per heavy atom. The van der Waals surface area contributed by atoms with Gasteiger partial charge in [0.25, 0.3) is 0 Å². The van der Waals surface area contributed by atoms with Crippen LogP contribution in [0.5, 0.6) is 0 Å². The molecular weight excluding hydrogens is 488 g/mol. The van der Waals surface area contributed by atoms with Gasteiger partial charge in [0.15, 0.2) is 0 Å². The summed E-state index contributed by atoms with van der Waals surface area (Å²) in [5.74, 6) is 0. The van der Waals surface area contributed by atoms with Gasteiger partial charge in [0.2, 0.25) is 0 Å². The normalized spacial score (nSPS) is 12.0. The van der Waals surface area contributed by atoms with Crippen molar-refractivity contribution in [1.29, 1.82) is 0 Å². The zero-order valence-electron chi connectivity index (χ0n) is 21.5. The van der Waals surface area contributed by atoms with Crippen molar-refractivity contribution in [2.45, 2.75) is 0 Å². The molecule has 0 aliphatic carbocycles. The van der Waals surface area contributed by atoms with Gasteiger partial charge in [-0.1, -0.05) is 91.0 Å². The molecule has 0 fully saturated rings. The van der Waals surface area contributed by atoms with E-state index >= 15 is 0 Å². The van der Waals surface area contributed by atoms with Gasteiger partial charge in [-0.25, -0.2) is 0 Å². The summed E-state index contributed by atoms with van der Waals surface area (Å²) in [6.07, 6.45) is 3.74. The van der Waals surface area contributed by atoms with E-state index in [1.165, 1.54) is 43.4 Å². The number of nitrogens with zero attached hydrogens (tertiary/aromatic N) is 2. The number of rotatable bonds is 2. The molecule has 0 spiro atoms. The Bertz CT molecular complexity index is 2430. The molecule has 40 heavy (non-hydrogen) atoms. The summed E-state index contributed by atoms with van der Waals surface area (Å²) in [6, 6.07) is 43.2. The summed E-state index contributed by atoms with van der Waals surface area (Å²) in [6.45, 7) is 0. The molecule has 0 N–H and O–H groups in total. The number of para-hydroxylation sites is 1. The zero-order valence-corrected chi connectivity index (χ0v) is 21.5. The van der Waals surface area contributed by atoms with Crippen molar-refractivity contribution in [3.05, 3.63) is 134 Å². The second kappa shape index (κ2) is 8.05. The third kappa shape index (κ3) is 2.86. The largest absolute Gasteiger partial charge is 0.456 e. The van der Waals surface area contributed by atoms with E-state index in [4.69, 9.17) is 4.42 Å². The molecule has 0 unspecified atom stereocenters. The summed E-state index contributed by atoms with van der Waals surface area (Å²) in [5.41, 5.74) is 7.47. The lowest BCUT2D eigenvalue weighted by atomic mass is 9.97. The predicted molar refractivity (Wildman–Crippen MR) is 166 cm³/mol. The molecule has 3 heteroatoms. The second-order valence-corrected chi connectivity index (χ2v) is 10.4. The van der Waals surface area contributed by atoms with Gasteiger partial charge in [0.1, 0.15) is 11.2 Å². The first-order valence-corrected chi connectivity index (χ1v) is 13.6. The number of benzene rings is 6. The van der Waals surface area contributed by atoms with Crippen LogP contribution in [0.25, 0.3) is 82.1 Å². The average molecular weight is 511 g/mol. The van der Waals surface area contributed by atoms with E-state index in [0.717, 1.165) is 38.8 Å². The Hall–Kier alpha value is -5.41. The lowest BCUT2D eigenvalue weighted by molar-refractivity contribution is 0.669. The van der Waals surface area contributed by atoms with Crippen LogP contribution in [0, 0.1) is 0 Å². The van der Waals surface area contributed by atoms with Crippen molar-refractivity contribution < 1.29 is 4.42 Å². The average Bonchev–Trinajstić information content (AvgIpc) is 3.57. The van der Waals surface area contributed by atoms with Crippen LogP contribution in [-0.4, -0.2) is 9.55 Å². The molecule has 9 rings (SSSR count). The number of aromatic nitrogens is 2. The monoisotopic (exact) mass is 510 g/mol. The second-order valence-electron chi connectivity index (χ2n) is 10.4. The molecule has 6 aromatic carbocycles. The molecule has 3 aromatic heterocycles. The Balaban J connectivity index is 1.46. The lowest BCUT2D eigenvalue weighted by Gasteiger charge is -2.13. The fourth-order valence-electron chi connectivity index (χ4n) is 6.61. The van der Waals surface area contributed by atoms with Crippen LogP contribution in [0.2, 0.25) is 0 Å². The molecule has 0 aliphatic heterocycles. The van der Waals surface area contributed by atoms with E-state index in [1.807, 2.05) is 18.5 Å². The van der Waals surface area contributed by atoms with Gasteiger partial charge in [-0.15, -0.1) is 0 Å². The lowest BCUT2D eigenvalue weighted by Crippen LogP contribution is -1.95. The fourth-order valence-corrected chi connectivity index (χ4v) is 6.61. The molecular formula is C37H22N2O. The van der Waals surface area contributed by atoms with E-state index in [-0.39, 0.29) is 0 Å². The Morgan fingerprint density at radius 1 is 0.525 bits per heavy atom. The molecule has 0 atom stereocenters. The quantitative estimate of drug-likeness (QED) is 0.232. The van der Waals surface area contributed by atoms with Crippen molar-refractivity contribution in [2.24, 2.45) is 0 Å². The minimum atomic E-state index is 0.881. The highest BCUT2D eigenvalue weighted by Gasteiger charge is 2.21. The molecule has 0 aliphatic rings. The van der Waals surface area contributed by atoms with Gasteiger partial charge in [0.05, 0.1) is 16.7 Å². The van der Waals surface area contributed by atoms with Gasteiger partial charge >= 0.3 is 0 Å². The van der Waals surface area contributed by atoms with Crippen LogP contribution in [0.4, 0.5) is 0 Å². The van der Waals surface area contributed by atoms with Gasteiger partial charge < -0.3 is 8.98 Å². The first-order chi connectivity index (χ1) is 19.9. The summed E-state index contributed by atoms with van der Waals surface area (Å²) >= 11 is 0. The smallest absolute Gasteiger partial charge is 0.138 e. The van der Waals surface area contributed by atoms with Crippen LogP contribution >= 0.6 is 0 Å². The fraction of sp³-hybridized carbons (Fsp3) is 0. The van der Waals surface area contributed by atoms with Crippen molar-refractivity contribution in [3.63, 3.8) is 0 Å². The standard InChI is InChI=1S/C37H22N2O/c1-2-11-25-23(9-1)18-19-31-35(25)29-14-5-6-16-30(29)39(31)32-21-34-37(28-13-4-3-12-27(28)32)36-26(15-7-17-33(36)40-34)24-10-8-20-38-22-24/h1-22H. The number of pyridine rings is 1. The first kappa shape index (κ1) is 21.5. The predicted octanol–water partition coefficient (Wildman–Crippen LogP) is 10.1. The summed E-state index contributed by atoms with van der Waals surface area (Å²) < 4.78 is 9.03. The third-order valence-corrected chi connectivity index (χ3v) is 8.26. The minimum Gasteiger partial charge on any atom is -0.456 e. The molecule has 3 nitrogen and oxygen atoms in total. The number of hydrogen-bond acceptors (Lipinski definition) is 2. The van der Waals surface area contributed by atoms with E-state index in [2.05, 4.69) is 125 Å². The highest BCUT2D eigenvalue weighted by atomic mass is 16.3. The van der Waals surface area contributed by atoms with E-state index in [9.17, 15) is 0 Å². The van der Waals surface area contributed by atoms with Gasteiger partial charge in [-0.05, 0) is 46.0 Å². The molecule has 0 radical (unpaired) electrons. The Morgan fingerprint density at radius 3 is 2.20 bits per heavy atom. The molecule has 0 saturated heterocycles. The van der Waals surface area contributed by atoms with Gasteiger partial charge in [-0.2, -0.15) is 0 Å². The number of fused-ring (bicyclic) bond motifs is 10. The van der Waals surface area contributed by atoms with E-state index < -0.39 is 0 Å². The van der Waals surface area contributed by atoms with Crippen LogP contribution in [-0.2, 0) is 0 Å². The summed E-state index contributed by atoms with van der Waals surface area (Å²) in [5, 5.41) is 9.68. The maximum Gasteiger partial charge on any atom is 0.138 e. The maximum atomic E-state index is 6.62. The highest BCUT2D eigenvalue weighted by molar-refractivity contribution is 6.26. The van der Waals surface area contributed by atoms with Crippen molar-refractivity contribution in [1.82, 2.24) is 9.55 Å². The molecule has 186 valence electrons. The molecule has 0 saturated carbocycles. The number of furan rings is 1. The van der Waals surface area contributed by atoms with Crippen LogP contribution < -0.4 is 0 Å². The zero-order chi connectivity index (χ0) is 26.2. The van der Waals surface area contributed by atoms with Crippen LogP contribution in [0.3, 0.4) is 0 Å². The highest BCUT2D eigenvalue weighted by Crippen LogP contribution is 2.44. The maximum absolute atomic E-state index is 6.62. The topological polar surface area (TPSA) is 31.0 Å². The number of hydrogen-bond donors (Lipinski definition) is 0. The third-order valence-electron chi connectivity index (χ3n) is 8.26.